The average molecular weight is 665 g/mol. The predicted molar refractivity (Wildman–Crippen MR) is 176 cm³/mol. The molecule has 4 aromatic carbocycles. The highest BCUT2D eigenvalue weighted by Crippen LogP contribution is 2.52. The molecule has 11 nitrogen and oxygen atoms in total. The third-order valence-electron chi connectivity index (χ3n) is 8.96. The van der Waals surface area contributed by atoms with Gasteiger partial charge in [-0.2, -0.15) is 0 Å². The second-order valence-corrected chi connectivity index (χ2v) is 12.7. The third kappa shape index (κ3) is 5.00. The minimum atomic E-state index is -0.630. The highest BCUT2D eigenvalue weighted by Gasteiger charge is 2.46. The van der Waals surface area contributed by atoms with Gasteiger partial charge in [0.15, 0.2) is 23.1 Å². The van der Waals surface area contributed by atoms with E-state index in [-0.39, 0.29) is 63.2 Å². The van der Waals surface area contributed by atoms with Gasteiger partial charge in [-0.15, -0.1) is 0 Å². The van der Waals surface area contributed by atoms with Crippen LogP contribution in [0, 0.1) is 6.92 Å². The van der Waals surface area contributed by atoms with Crippen molar-refractivity contribution < 1.29 is 53.4 Å². The van der Waals surface area contributed by atoms with Crippen molar-refractivity contribution in [2.24, 2.45) is 0 Å². The maximum Gasteiger partial charge on any atom is 0.201 e. The summed E-state index contributed by atoms with van der Waals surface area (Å²) in [5, 5.41) is 30.3. The molecular weight excluding hydrogens is 632 g/mol. The van der Waals surface area contributed by atoms with Gasteiger partial charge in [-0.1, -0.05) is 12.1 Å². The second kappa shape index (κ2) is 11.3. The van der Waals surface area contributed by atoms with Crippen LogP contribution < -0.4 is 23.7 Å². The number of ketones is 3. The fourth-order valence-electron chi connectivity index (χ4n) is 6.70. The number of aryl methyl sites for hydroxylation is 1. The molecule has 11 heteroatoms. The SMILES string of the molecule is COc1cc2c(cc1OC)C1C(=O)c3c(O)cc4c(c3OC1CO2)C=CC(C)(C)O4.Cc1cc(O)c2c(c1)C(=O)c1cccc(O)c1C2=O. The lowest BCUT2D eigenvalue weighted by Gasteiger charge is -2.39. The van der Waals surface area contributed by atoms with E-state index in [4.69, 9.17) is 23.7 Å². The average Bonchev–Trinajstić information content (AvgIpc) is 3.05. The summed E-state index contributed by atoms with van der Waals surface area (Å²) < 4.78 is 28.8. The number of Topliss-reactive ketones (excluding diaryl/α,β-unsaturated/α-hetero) is 1. The number of hydrogen-bond donors (Lipinski definition) is 3. The summed E-state index contributed by atoms with van der Waals surface area (Å²) in [7, 11) is 3.07. The van der Waals surface area contributed by atoms with E-state index in [1.165, 1.54) is 37.4 Å². The molecule has 0 amide bonds. The zero-order chi connectivity index (χ0) is 34.9. The summed E-state index contributed by atoms with van der Waals surface area (Å²) in [5.74, 6) is -0.0315. The fraction of sp³-hybridized carbons (Fsp3) is 0.237. The number of ether oxygens (including phenoxy) is 5. The van der Waals surface area contributed by atoms with E-state index >= 15 is 0 Å². The second-order valence-electron chi connectivity index (χ2n) is 12.7. The number of methoxy groups -OCH3 is 2. The normalized spacial score (nSPS) is 18.8. The number of aromatic hydroxyl groups is 3. The minimum absolute atomic E-state index is 0.0374. The Balaban J connectivity index is 0.000000171. The number of phenols is 3. The van der Waals surface area contributed by atoms with Crippen LogP contribution in [0.4, 0.5) is 0 Å². The van der Waals surface area contributed by atoms with Crippen molar-refractivity contribution in [3.8, 4) is 46.0 Å². The molecule has 3 N–H and O–H groups in total. The maximum absolute atomic E-state index is 13.6. The van der Waals surface area contributed by atoms with E-state index in [0.29, 0.717) is 45.4 Å². The van der Waals surface area contributed by atoms with Gasteiger partial charge in [-0.05, 0) is 62.8 Å². The molecule has 4 aromatic rings. The van der Waals surface area contributed by atoms with Crippen LogP contribution in [0.15, 0.2) is 54.6 Å². The van der Waals surface area contributed by atoms with Crippen LogP contribution in [-0.2, 0) is 0 Å². The molecule has 2 unspecified atom stereocenters. The summed E-state index contributed by atoms with van der Waals surface area (Å²) in [6.07, 6.45) is 3.23. The molecule has 0 spiro atoms. The van der Waals surface area contributed by atoms with Gasteiger partial charge in [0.25, 0.3) is 0 Å². The molecule has 0 radical (unpaired) electrons. The van der Waals surface area contributed by atoms with Crippen LogP contribution in [0.25, 0.3) is 6.08 Å². The molecular formula is C38H32O11. The van der Waals surface area contributed by atoms with Gasteiger partial charge < -0.3 is 39.0 Å². The topological polar surface area (TPSA) is 158 Å². The standard InChI is InChI=1S/C23H22O7.C15H10O4/c1-23(2)6-5-11-15(30-23)8-13(24)20-21(25)19-12-7-16(26-3)17(27-4)9-14(12)28-10-18(19)29-22(11)20;1-7-5-9-13(11(17)6-7)15(19)12-8(14(9)18)3-2-4-10(12)16/h5-9,18-19,24H,10H2,1-4H3;2-6,16-17H,1H3. The zero-order valence-electron chi connectivity index (χ0n) is 27.2. The Hall–Kier alpha value is -5.97. The first-order chi connectivity index (χ1) is 23.3. The van der Waals surface area contributed by atoms with Crippen LogP contribution in [0.2, 0.25) is 0 Å². The van der Waals surface area contributed by atoms with Gasteiger partial charge in [0, 0.05) is 28.8 Å². The molecule has 0 fully saturated rings. The lowest BCUT2D eigenvalue weighted by Crippen LogP contribution is -2.43. The number of rotatable bonds is 2. The Morgan fingerprint density at radius 1 is 0.796 bits per heavy atom. The third-order valence-corrected chi connectivity index (χ3v) is 8.96. The van der Waals surface area contributed by atoms with Gasteiger partial charge in [-0.3, -0.25) is 14.4 Å². The number of hydrogen-bond acceptors (Lipinski definition) is 11. The van der Waals surface area contributed by atoms with E-state index in [1.807, 2.05) is 26.0 Å². The largest absolute Gasteiger partial charge is 0.507 e. The molecule has 0 saturated carbocycles. The smallest absolute Gasteiger partial charge is 0.201 e. The lowest BCUT2D eigenvalue weighted by molar-refractivity contribution is 0.0547. The summed E-state index contributed by atoms with van der Waals surface area (Å²) in [4.78, 5) is 38.2. The molecule has 0 bridgehead atoms. The predicted octanol–water partition coefficient (Wildman–Crippen LogP) is 5.90. The van der Waals surface area contributed by atoms with E-state index in [2.05, 4.69) is 0 Å². The molecule has 3 aliphatic heterocycles. The van der Waals surface area contributed by atoms with Crippen LogP contribution in [0.5, 0.6) is 46.0 Å². The van der Waals surface area contributed by atoms with E-state index in [0.717, 1.165) is 0 Å². The van der Waals surface area contributed by atoms with Gasteiger partial charge in [-0.25, -0.2) is 0 Å². The molecule has 0 saturated heterocycles. The van der Waals surface area contributed by atoms with Gasteiger partial charge in [0.1, 0.15) is 58.4 Å². The number of carbonyl (C=O) groups is 3. The minimum Gasteiger partial charge on any atom is -0.507 e. The Morgan fingerprint density at radius 2 is 1.49 bits per heavy atom. The highest BCUT2D eigenvalue weighted by molar-refractivity contribution is 6.30. The maximum atomic E-state index is 13.6. The molecule has 0 aromatic heterocycles. The van der Waals surface area contributed by atoms with Crippen molar-refractivity contribution >= 4 is 23.4 Å². The van der Waals surface area contributed by atoms with Gasteiger partial charge in [0.2, 0.25) is 5.78 Å². The number of fused-ring (bicyclic) bond motifs is 8. The van der Waals surface area contributed by atoms with E-state index in [9.17, 15) is 29.7 Å². The molecule has 49 heavy (non-hydrogen) atoms. The first-order valence-corrected chi connectivity index (χ1v) is 15.5. The summed E-state index contributed by atoms with van der Waals surface area (Å²) in [5.41, 5.74) is 1.90. The summed E-state index contributed by atoms with van der Waals surface area (Å²) in [6.45, 7) is 5.76. The molecule has 2 atom stereocenters. The number of phenolic OH excluding ortho intramolecular Hbond substituents is 3. The zero-order valence-corrected chi connectivity index (χ0v) is 27.2. The Labute approximate surface area is 280 Å². The number of benzene rings is 4. The van der Waals surface area contributed by atoms with Crippen LogP contribution >= 0.6 is 0 Å². The monoisotopic (exact) mass is 664 g/mol. The van der Waals surface area contributed by atoms with Crippen molar-refractivity contribution in [1.29, 1.82) is 0 Å². The molecule has 1 aliphatic carbocycles. The Morgan fingerprint density at radius 3 is 2.22 bits per heavy atom. The van der Waals surface area contributed by atoms with Crippen LogP contribution in [0.3, 0.4) is 0 Å². The van der Waals surface area contributed by atoms with Gasteiger partial charge in [0.05, 0.1) is 36.8 Å². The van der Waals surface area contributed by atoms with Crippen molar-refractivity contribution in [1.82, 2.24) is 0 Å². The van der Waals surface area contributed by atoms with Crippen molar-refractivity contribution in [2.45, 2.75) is 38.4 Å². The van der Waals surface area contributed by atoms with Crippen molar-refractivity contribution in [2.75, 3.05) is 20.8 Å². The molecule has 4 aliphatic rings. The van der Waals surface area contributed by atoms with Crippen molar-refractivity contribution in [3.05, 3.63) is 99.1 Å². The van der Waals surface area contributed by atoms with Crippen molar-refractivity contribution in [3.63, 3.8) is 0 Å². The van der Waals surface area contributed by atoms with Crippen LogP contribution in [0.1, 0.15) is 78.7 Å². The number of carbonyl (C=O) groups excluding carboxylic acids is 3. The van der Waals surface area contributed by atoms with E-state index < -0.39 is 23.4 Å². The van der Waals surface area contributed by atoms with Gasteiger partial charge >= 0.3 is 0 Å². The summed E-state index contributed by atoms with van der Waals surface area (Å²) >= 11 is 0. The molecule has 8 rings (SSSR count). The first-order valence-electron chi connectivity index (χ1n) is 15.5. The lowest BCUT2D eigenvalue weighted by atomic mass is 9.80. The molecule has 3 heterocycles. The quantitative estimate of drug-likeness (QED) is 0.207. The summed E-state index contributed by atoms with van der Waals surface area (Å²) in [6, 6.07) is 12.3. The van der Waals surface area contributed by atoms with E-state index in [1.54, 1.807) is 32.2 Å². The first kappa shape index (κ1) is 31.6. The highest BCUT2D eigenvalue weighted by atomic mass is 16.5. The molecule has 250 valence electrons. The Bertz CT molecular complexity index is 2140. The Kier molecular flexibility index (Phi) is 7.31. The van der Waals surface area contributed by atoms with Crippen LogP contribution in [-0.4, -0.2) is 65.2 Å². The fourth-order valence-corrected chi connectivity index (χ4v) is 6.70.